The van der Waals surface area contributed by atoms with Crippen LogP contribution in [0.15, 0.2) is 11.8 Å². The van der Waals surface area contributed by atoms with Gasteiger partial charge < -0.3 is 5.73 Å². The lowest BCUT2D eigenvalue weighted by atomic mass is 9.77. The smallest absolute Gasteiger partial charge is 0.00973 e. The molecule has 2 N–H and O–H groups in total. The number of hydrogen-bond acceptors (Lipinski definition) is 1. The zero-order chi connectivity index (χ0) is 12.4. The van der Waals surface area contributed by atoms with Gasteiger partial charge in [0.15, 0.2) is 0 Å². The SMILES string of the molecule is C/C=C(\N)C(C)(CCCC)CCCCCC. The molecule has 0 saturated heterocycles. The van der Waals surface area contributed by atoms with E-state index in [-0.39, 0.29) is 5.41 Å². The van der Waals surface area contributed by atoms with Gasteiger partial charge >= 0.3 is 0 Å². The van der Waals surface area contributed by atoms with E-state index < -0.39 is 0 Å². The summed E-state index contributed by atoms with van der Waals surface area (Å²) in [5.74, 6) is 0. The van der Waals surface area contributed by atoms with Gasteiger partial charge in [-0.3, -0.25) is 0 Å². The average molecular weight is 225 g/mol. The average Bonchev–Trinajstić information content (AvgIpc) is 2.31. The van der Waals surface area contributed by atoms with Crippen LogP contribution >= 0.6 is 0 Å². The van der Waals surface area contributed by atoms with E-state index in [4.69, 9.17) is 5.73 Å². The van der Waals surface area contributed by atoms with Crippen LogP contribution in [0.25, 0.3) is 0 Å². The zero-order valence-corrected chi connectivity index (χ0v) is 11.8. The van der Waals surface area contributed by atoms with Crippen LogP contribution in [-0.4, -0.2) is 0 Å². The van der Waals surface area contributed by atoms with Gasteiger partial charge in [0.25, 0.3) is 0 Å². The lowest BCUT2D eigenvalue weighted by Crippen LogP contribution is -2.24. The first-order valence-electron chi connectivity index (χ1n) is 7.03. The van der Waals surface area contributed by atoms with E-state index in [0.717, 1.165) is 5.70 Å². The van der Waals surface area contributed by atoms with Gasteiger partial charge in [-0.05, 0) is 19.8 Å². The first-order chi connectivity index (χ1) is 7.60. The third-order valence-corrected chi connectivity index (χ3v) is 3.67. The van der Waals surface area contributed by atoms with Crippen LogP contribution in [-0.2, 0) is 0 Å². The van der Waals surface area contributed by atoms with Gasteiger partial charge in [0.05, 0.1) is 0 Å². The minimum atomic E-state index is 0.249. The molecule has 1 heteroatoms. The predicted octanol–water partition coefficient (Wildman–Crippen LogP) is 5.02. The van der Waals surface area contributed by atoms with Crippen molar-refractivity contribution in [2.45, 2.75) is 79.1 Å². The van der Waals surface area contributed by atoms with Crippen LogP contribution in [0.1, 0.15) is 79.1 Å². The summed E-state index contributed by atoms with van der Waals surface area (Å²) in [7, 11) is 0. The Bertz CT molecular complexity index is 196. The number of hydrogen-bond donors (Lipinski definition) is 1. The zero-order valence-electron chi connectivity index (χ0n) is 11.8. The van der Waals surface area contributed by atoms with E-state index in [9.17, 15) is 0 Å². The summed E-state index contributed by atoms with van der Waals surface area (Å²) in [4.78, 5) is 0. The van der Waals surface area contributed by atoms with E-state index in [0.29, 0.717) is 0 Å². The van der Waals surface area contributed by atoms with Crippen molar-refractivity contribution in [1.82, 2.24) is 0 Å². The van der Waals surface area contributed by atoms with Crippen LogP contribution in [0, 0.1) is 5.41 Å². The molecular formula is C15H31N. The molecule has 0 saturated carbocycles. The highest BCUT2D eigenvalue weighted by atomic mass is 14.6. The van der Waals surface area contributed by atoms with Crippen LogP contribution in [0.4, 0.5) is 0 Å². The van der Waals surface area contributed by atoms with E-state index in [2.05, 4.69) is 33.8 Å². The van der Waals surface area contributed by atoms with Crippen LogP contribution in [0.3, 0.4) is 0 Å². The van der Waals surface area contributed by atoms with Crippen molar-refractivity contribution in [3.63, 3.8) is 0 Å². The molecule has 0 amide bonds. The number of rotatable bonds is 9. The van der Waals surface area contributed by atoms with Crippen LogP contribution in [0.5, 0.6) is 0 Å². The third kappa shape index (κ3) is 5.58. The number of unbranched alkanes of at least 4 members (excludes halogenated alkanes) is 4. The minimum Gasteiger partial charge on any atom is -0.402 e. The maximum atomic E-state index is 6.17. The molecule has 0 aliphatic heterocycles. The normalized spacial score (nSPS) is 16.1. The minimum absolute atomic E-state index is 0.249. The number of allylic oxidation sites excluding steroid dienone is 2. The molecule has 0 aromatic carbocycles. The molecule has 1 unspecified atom stereocenters. The largest absolute Gasteiger partial charge is 0.402 e. The molecule has 0 spiro atoms. The molecule has 0 aromatic rings. The molecule has 0 bridgehead atoms. The fourth-order valence-electron chi connectivity index (χ4n) is 2.27. The van der Waals surface area contributed by atoms with E-state index in [1.165, 1.54) is 51.4 Å². The van der Waals surface area contributed by atoms with Crippen LogP contribution < -0.4 is 5.73 Å². The van der Waals surface area contributed by atoms with Crippen molar-refractivity contribution in [3.8, 4) is 0 Å². The molecule has 0 aliphatic carbocycles. The molecule has 0 radical (unpaired) electrons. The summed E-state index contributed by atoms with van der Waals surface area (Å²) in [6, 6.07) is 0. The van der Waals surface area contributed by atoms with E-state index >= 15 is 0 Å². The van der Waals surface area contributed by atoms with Gasteiger partial charge in [-0.25, -0.2) is 0 Å². The lowest BCUT2D eigenvalue weighted by Gasteiger charge is -2.30. The van der Waals surface area contributed by atoms with Crippen molar-refractivity contribution < 1.29 is 0 Å². The Morgan fingerprint density at radius 3 is 2.06 bits per heavy atom. The van der Waals surface area contributed by atoms with Gasteiger partial charge in [-0.1, -0.05) is 65.4 Å². The van der Waals surface area contributed by atoms with Gasteiger partial charge in [0, 0.05) is 11.1 Å². The Labute approximate surface area is 102 Å². The second-order valence-corrected chi connectivity index (χ2v) is 5.22. The van der Waals surface area contributed by atoms with Gasteiger partial charge in [0.1, 0.15) is 0 Å². The molecule has 0 heterocycles. The maximum absolute atomic E-state index is 6.17. The van der Waals surface area contributed by atoms with Crippen molar-refractivity contribution in [3.05, 3.63) is 11.8 Å². The fraction of sp³-hybridized carbons (Fsp3) is 0.867. The van der Waals surface area contributed by atoms with Crippen molar-refractivity contribution >= 4 is 0 Å². The summed E-state index contributed by atoms with van der Waals surface area (Å²) >= 11 is 0. The number of nitrogens with two attached hydrogens (primary N) is 1. The van der Waals surface area contributed by atoms with Gasteiger partial charge in [0.2, 0.25) is 0 Å². The summed E-state index contributed by atoms with van der Waals surface area (Å²) in [5, 5.41) is 0. The molecule has 96 valence electrons. The standard InChI is InChI=1S/C15H31N/c1-5-8-10-11-13-15(4,12-9-6-2)14(16)7-3/h7H,5-6,8-13,16H2,1-4H3/b14-7-. The molecule has 1 nitrogen and oxygen atoms in total. The topological polar surface area (TPSA) is 26.0 Å². The van der Waals surface area contributed by atoms with Crippen molar-refractivity contribution in [2.24, 2.45) is 11.1 Å². The van der Waals surface area contributed by atoms with Gasteiger partial charge in [-0.2, -0.15) is 0 Å². The second kappa shape index (κ2) is 8.66. The molecular weight excluding hydrogens is 194 g/mol. The van der Waals surface area contributed by atoms with Crippen molar-refractivity contribution in [2.75, 3.05) is 0 Å². The maximum Gasteiger partial charge on any atom is 0.00973 e. The first-order valence-corrected chi connectivity index (χ1v) is 7.03. The van der Waals surface area contributed by atoms with E-state index in [1.807, 2.05) is 0 Å². The monoisotopic (exact) mass is 225 g/mol. The molecule has 0 aromatic heterocycles. The van der Waals surface area contributed by atoms with Crippen LogP contribution in [0.2, 0.25) is 0 Å². The Balaban J connectivity index is 4.19. The first kappa shape index (κ1) is 15.5. The van der Waals surface area contributed by atoms with Gasteiger partial charge in [-0.15, -0.1) is 0 Å². The summed E-state index contributed by atoms with van der Waals surface area (Å²) in [5.41, 5.74) is 7.51. The lowest BCUT2D eigenvalue weighted by molar-refractivity contribution is 0.307. The quantitative estimate of drug-likeness (QED) is 0.548. The predicted molar refractivity (Wildman–Crippen MR) is 74.3 cm³/mol. The molecule has 0 rings (SSSR count). The Kier molecular flexibility index (Phi) is 8.42. The van der Waals surface area contributed by atoms with Crippen molar-refractivity contribution in [1.29, 1.82) is 0 Å². The summed E-state index contributed by atoms with van der Waals surface area (Å²) in [6.07, 6.45) is 12.5. The fourth-order valence-corrected chi connectivity index (χ4v) is 2.27. The summed E-state index contributed by atoms with van der Waals surface area (Å²) in [6.45, 7) is 8.91. The Morgan fingerprint density at radius 2 is 1.56 bits per heavy atom. The third-order valence-electron chi connectivity index (χ3n) is 3.67. The second-order valence-electron chi connectivity index (χ2n) is 5.22. The highest BCUT2D eigenvalue weighted by Crippen LogP contribution is 2.35. The molecule has 1 atom stereocenters. The Hall–Kier alpha value is -0.460. The Morgan fingerprint density at radius 1 is 1.00 bits per heavy atom. The molecule has 16 heavy (non-hydrogen) atoms. The summed E-state index contributed by atoms with van der Waals surface area (Å²) < 4.78 is 0. The highest BCUT2D eigenvalue weighted by molar-refractivity contribution is 5.08. The molecule has 0 aliphatic rings. The van der Waals surface area contributed by atoms with E-state index in [1.54, 1.807) is 0 Å². The molecule has 0 fully saturated rings. The highest BCUT2D eigenvalue weighted by Gasteiger charge is 2.25.